The van der Waals surface area contributed by atoms with Crippen LogP contribution >= 0.6 is 22.9 Å². The van der Waals surface area contributed by atoms with E-state index in [0.29, 0.717) is 19.5 Å². The second kappa shape index (κ2) is 9.79. The molecule has 3 aliphatic rings. The van der Waals surface area contributed by atoms with Gasteiger partial charge in [-0.3, -0.25) is 9.80 Å². The Labute approximate surface area is 209 Å². The number of halogens is 4. The molecule has 1 aromatic heterocycles. The third kappa shape index (κ3) is 5.31. The molecule has 2 aromatic rings. The molecule has 1 N–H and O–H groups in total. The number of nitrogens with one attached hydrogen (secondary N) is 1. The van der Waals surface area contributed by atoms with E-state index in [1.807, 2.05) is 35.7 Å². The van der Waals surface area contributed by atoms with Gasteiger partial charge < -0.3 is 9.74 Å². The molecule has 4 heterocycles. The van der Waals surface area contributed by atoms with Gasteiger partial charge in [0.1, 0.15) is 23.5 Å². The van der Waals surface area contributed by atoms with Gasteiger partial charge in [0.15, 0.2) is 6.10 Å². The van der Waals surface area contributed by atoms with E-state index >= 15 is 0 Å². The van der Waals surface area contributed by atoms with Gasteiger partial charge in [-0.25, -0.2) is 10.4 Å². The third-order valence-corrected chi connectivity index (χ3v) is 7.70. The Hall–Kier alpha value is -2.63. The topological polar surface area (TPSA) is 70.1 Å². The Morgan fingerprint density at radius 2 is 1.97 bits per heavy atom. The first-order valence-corrected chi connectivity index (χ1v) is 12.5. The molecule has 3 aliphatic heterocycles. The van der Waals surface area contributed by atoms with Crippen molar-refractivity contribution in [1.29, 1.82) is 0 Å². The molecule has 7 nitrogen and oxygen atoms in total. The molecule has 1 aromatic carbocycles. The summed E-state index contributed by atoms with van der Waals surface area (Å²) in [6, 6.07) is 8.06. The quantitative estimate of drug-likeness (QED) is 0.580. The molecule has 0 spiro atoms. The number of aromatic nitrogens is 1. The van der Waals surface area contributed by atoms with Crippen molar-refractivity contribution in [3.8, 4) is 0 Å². The second-order valence-corrected chi connectivity index (χ2v) is 9.97. The number of thiazole rings is 1. The van der Waals surface area contributed by atoms with E-state index in [1.54, 1.807) is 16.2 Å². The minimum atomic E-state index is -4.47. The average Bonchev–Trinajstić information content (AvgIpc) is 3.60. The number of carbonyl (C=O) groups is 1. The van der Waals surface area contributed by atoms with Gasteiger partial charge in [0.25, 0.3) is 0 Å². The summed E-state index contributed by atoms with van der Waals surface area (Å²) in [7, 11) is 0. The summed E-state index contributed by atoms with van der Waals surface area (Å²) in [5.41, 5.74) is 4.96. The van der Waals surface area contributed by atoms with Gasteiger partial charge >= 0.3 is 6.18 Å². The van der Waals surface area contributed by atoms with Gasteiger partial charge in [-0.2, -0.15) is 13.2 Å². The molecule has 35 heavy (non-hydrogen) atoms. The molecule has 1 fully saturated rings. The van der Waals surface area contributed by atoms with Crippen LogP contribution in [0.5, 0.6) is 0 Å². The number of rotatable bonds is 5. The lowest BCUT2D eigenvalue weighted by molar-refractivity contribution is -0.152. The fourth-order valence-electron chi connectivity index (χ4n) is 4.38. The van der Waals surface area contributed by atoms with Crippen LogP contribution in [0.15, 0.2) is 52.1 Å². The lowest BCUT2D eigenvalue weighted by atomic mass is 9.97. The predicted octanol–water partition coefficient (Wildman–Crippen LogP) is 4.55. The van der Waals surface area contributed by atoms with Crippen molar-refractivity contribution in [3.63, 3.8) is 0 Å². The SMILES string of the molecule is O=C(CN1NC(C(F)(F)F)C=C1Cl)N1CCC(c2nc(C3=NO[C@@H](c4ccccc4)C3)cs2)CC1. The zero-order valence-corrected chi connectivity index (χ0v) is 20.1. The molecular formula is C23H23ClF3N5O2S. The Bertz CT molecular complexity index is 1130. The van der Waals surface area contributed by atoms with E-state index in [0.717, 1.165) is 45.9 Å². The summed E-state index contributed by atoms with van der Waals surface area (Å²) in [5, 5.41) is 8.16. The second-order valence-electron chi connectivity index (χ2n) is 8.70. The maximum atomic E-state index is 12.9. The van der Waals surface area contributed by atoms with Crippen molar-refractivity contribution >= 4 is 34.6 Å². The lowest BCUT2D eigenvalue weighted by Crippen LogP contribution is -2.49. The predicted molar refractivity (Wildman–Crippen MR) is 126 cm³/mol. The first-order chi connectivity index (χ1) is 16.8. The maximum absolute atomic E-state index is 12.9. The van der Waals surface area contributed by atoms with Crippen molar-refractivity contribution in [2.24, 2.45) is 5.16 Å². The number of hydrogen-bond acceptors (Lipinski definition) is 7. The number of likely N-dealkylation sites (tertiary alicyclic amines) is 1. The van der Waals surface area contributed by atoms with Crippen molar-refractivity contribution in [3.05, 3.63) is 63.2 Å². The molecule has 0 radical (unpaired) electrons. The van der Waals surface area contributed by atoms with Gasteiger partial charge in [0, 0.05) is 30.8 Å². The Kier molecular flexibility index (Phi) is 6.73. The van der Waals surface area contributed by atoms with Crippen molar-refractivity contribution in [1.82, 2.24) is 20.3 Å². The Morgan fingerprint density at radius 1 is 1.23 bits per heavy atom. The van der Waals surface area contributed by atoms with E-state index in [4.69, 9.17) is 21.4 Å². The Balaban J connectivity index is 1.12. The van der Waals surface area contributed by atoms with Crippen LogP contribution in [0.1, 0.15) is 47.5 Å². The summed E-state index contributed by atoms with van der Waals surface area (Å²) >= 11 is 7.47. The molecule has 12 heteroatoms. The molecule has 1 unspecified atom stereocenters. The number of carbonyl (C=O) groups excluding carboxylic acids is 1. The fourth-order valence-corrected chi connectivity index (χ4v) is 5.61. The third-order valence-electron chi connectivity index (χ3n) is 6.36. The van der Waals surface area contributed by atoms with E-state index in [9.17, 15) is 18.0 Å². The first kappa shape index (κ1) is 24.1. The smallest absolute Gasteiger partial charge is 0.387 e. The van der Waals surface area contributed by atoms with E-state index < -0.39 is 12.2 Å². The summed E-state index contributed by atoms with van der Waals surface area (Å²) in [4.78, 5) is 24.7. The summed E-state index contributed by atoms with van der Waals surface area (Å²) < 4.78 is 38.7. The normalized spacial score (nSPS) is 23.3. The molecule has 186 valence electrons. The van der Waals surface area contributed by atoms with Crippen molar-refractivity contribution in [2.75, 3.05) is 19.6 Å². The van der Waals surface area contributed by atoms with Crippen LogP contribution in [0.25, 0.3) is 0 Å². The average molecular weight is 526 g/mol. The highest BCUT2D eigenvalue weighted by Crippen LogP contribution is 2.34. The zero-order chi connectivity index (χ0) is 24.6. The molecule has 0 bridgehead atoms. The molecule has 1 amide bonds. The van der Waals surface area contributed by atoms with Crippen LogP contribution < -0.4 is 5.43 Å². The van der Waals surface area contributed by atoms with Gasteiger partial charge in [-0.1, -0.05) is 47.1 Å². The number of piperidine rings is 1. The largest absolute Gasteiger partial charge is 0.409 e. The number of amides is 1. The minimum absolute atomic E-state index is 0.106. The summed E-state index contributed by atoms with van der Waals surface area (Å²) in [5.74, 6) is -0.0526. The molecule has 1 saturated heterocycles. The number of hydrogen-bond donors (Lipinski definition) is 1. The molecule has 2 atom stereocenters. The van der Waals surface area contributed by atoms with Gasteiger partial charge in [-0.15, -0.1) is 11.3 Å². The molecule has 0 aliphatic carbocycles. The standard InChI is InChI=1S/C23H23ClF3N5O2S/c24-20-11-19(23(25,26)27)29-32(20)12-21(33)31-8-6-15(7-9-31)22-28-17(13-35-22)16-10-18(34-30-16)14-4-2-1-3-5-14/h1-5,11,13,15,18-19,29H,6-10,12H2/t18-,19?/m1/s1. The molecular weight excluding hydrogens is 503 g/mol. The van der Waals surface area contributed by atoms with E-state index in [-0.39, 0.29) is 29.6 Å². The van der Waals surface area contributed by atoms with Crippen molar-refractivity contribution < 1.29 is 22.8 Å². The van der Waals surface area contributed by atoms with Gasteiger partial charge in [-0.05, 0) is 24.5 Å². The molecule has 5 rings (SSSR count). The number of alkyl halides is 3. The van der Waals surface area contributed by atoms with E-state index in [1.165, 1.54) is 0 Å². The van der Waals surface area contributed by atoms with Crippen LogP contribution in [-0.2, 0) is 9.63 Å². The lowest BCUT2D eigenvalue weighted by Gasteiger charge is -2.32. The van der Waals surface area contributed by atoms with Gasteiger partial charge in [0.05, 0.1) is 10.7 Å². The van der Waals surface area contributed by atoms with Crippen LogP contribution in [0, 0.1) is 0 Å². The summed E-state index contributed by atoms with van der Waals surface area (Å²) in [6.45, 7) is 0.767. The highest BCUT2D eigenvalue weighted by molar-refractivity contribution is 7.10. The van der Waals surface area contributed by atoms with Crippen molar-refractivity contribution in [2.45, 2.75) is 43.5 Å². The number of nitrogens with zero attached hydrogens (tertiary/aromatic N) is 4. The first-order valence-electron chi connectivity index (χ1n) is 11.3. The minimum Gasteiger partial charge on any atom is -0.387 e. The summed E-state index contributed by atoms with van der Waals surface area (Å²) in [6.07, 6.45) is -1.58. The van der Waals surface area contributed by atoms with Crippen LogP contribution in [0.3, 0.4) is 0 Å². The van der Waals surface area contributed by atoms with Crippen LogP contribution in [-0.4, -0.2) is 58.4 Å². The van der Waals surface area contributed by atoms with Crippen LogP contribution in [0.2, 0.25) is 0 Å². The number of benzene rings is 1. The number of hydrazine groups is 1. The van der Waals surface area contributed by atoms with E-state index in [2.05, 4.69) is 10.6 Å². The monoisotopic (exact) mass is 525 g/mol. The Morgan fingerprint density at radius 3 is 2.66 bits per heavy atom. The fraction of sp³-hybridized carbons (Fsp3) is 0.435. The van der Waals surface area contributed by atoms with Crippen LogP contribution in [0.4, 0.5) is 13.2 Å². The highest BCUT2D eigenvalue weighted by atomic mass is 35.5. The zero-order valence-electron chi connectivity index (χ0n) is 18.5. The maximum Gasteiger partial charge on any atom is 0.409 e. The molecule has 0 saturated carbocycles. The number of oxime groups is 1. The van der Waals surface area contributed by atoms with Gasteiger partial charge in [0.2, 0.25) is 5.91 Å². The highest BCUT2D eigenvalue weighted by Gasteiger charge is 2.43.